The molecule has 0 heterocycles. The van der Waals surface area contributed by atoms with Crippen molar-refractivity contribution >= 4 is 38.3 Å². The van der Waals surface area contributed by atoms with E-state index in [9.17, 15) is 4.79 Å². The summed E-state index contributed by atoms with van der Waals surface area (Å²) in [5.74, 6) is -1.38. The summed E-state index contributed by atoms with van der Waals surface area (Å²) in [4.78, 5) is 9.74. The van der Waals surface area contributed by atoms with Gasteiger partial charge >= 0.3 is 6.64 Å². The number of hydrogen-bond acceptors (Lipinski definition) is 2. The lowest BCUT2D eigenvalue weighted by molar-refractivity contribution is 0.216. The van der Waals surface area contributed by atoms with Gasteiger partial charge in [0.2, 0.25) is 0 Å². The predicted octanol–water partition coefficient (Wildman–Crippen LogP) is 0.446. The molecular weight excluding hydrogens is 148 g/mol. The largest absolute Gasteiger partial charge is 0.566 e. The predicted molar refractivity (Wildman–Crippen MR) is 34.5 cm³/mol. The molecule has 0 aromatic carbocycles. The van der Waals surface area contributed by atoms with Crippen LogP contribution >= 0.6 is 18.3 Å². The van der Waals surface area contributed by atoms with Crippen LogP contribution in [0.2, 0.25) is 0 Å². The first kappa shape index (κ1) is 8.28. The average molecular weight is 150 g/mol. The van der Waals surface area contributed by atoms with Gasteiger partial charge in [-0.25, -0.2) is 0 Å². The van der Waals surface area contributed by atoms with Crippen LogP contribution in [-0.4, -0.2) is 30.2 Å². The fourth-order valence-corrected chi connectivity index (χ4v) is 0.567. The Bertz CT molecular complexity index is 97.3. The summed E-state index contributed by atoms with van der Waals surface area (Å²) < 4.78 is 0. The molecule has 0 amide bonds. The van der Waals surface area contributed by atoms with Crippen molar-refractivity contribution < 1.29 is 14.9 Å². The van der Waals surface area contributed by atoms with Crippen LogP contribution in [0.15, 0.2) is 0 Å². The van der Waals surface area contributed by atoms with E-state index in [4.69, 9.17) is 28.9 Å². The average Bonchev–Trinajstić information content (AvgIpc) is 1.64. The van der Waals surface area contributed by atoms with Gasteiger partial charge in [0.1, 0.15) is 0 Å². The Morgan fingerprint density at radius 1 is 1.88 bits per heavy atom. The second kappa shape index (κ2) is 3.33. The fourth-order valence-electron chi connectivity index (χ4n) is 0.106. The lowest BCUT2D eigenvalue weighted by Crippen LogP contribution is -2.20. The Morgan fingerprint density at radius 3 is 2.25 bits per heavy atom. The molecule has 0 bridgehead atoms. The van der Waals surface area contributed by atoms with Gasteiger partial charge in [-0.1, -0.05) is 0 Å². The van der Waals surface area contributed by atoms with Gasteiger partial charge in [-0.15, -0.1) is 0 Å². The number of hydrogen-bond donors (Lipinski definition) is 2. The SMILES string of the molecule is [B-]P(Cl)B(O)C(=O)O. The normalized spacial score (nSPS) is 12.9. The molecule has 0 aromatic heterocycles. The molecule has 1 unspecified atom stereocenters. The second-order valence-electron chi connectivity index (χ2n) is 1.06. The van der Waals surface area contributed by atoms with Gasteiger partial charge in [0.05, 0.1) is 0 Å². The highest BCUT2D eigenvalue weighted by molar-refractivity contribution is 8.24. The van der Waals surface area contributed by atoms with Crippen LogP contribution in [0.4, 0.5) is 4.79 Å². The second-order valence-corrected chi connectivity index (χ2v) is 3.40. The first-order chi connectivity index (χ1) is 3.55. The minimum Gasteiger partial charge on any atom is -0.566 e. The molecule has 3 radical (unpaired) electrons. The molecule has 0 spiro atoms. The maximum Gasteiger partial charge on any atom is 0.417 e. The number of rotatable bonds is 2. The van der Waals surface area contributed by atoms with Crippen molar-refractivity contribution in [2.24, 2.45) is 0 Å². The van der Waals surface area contributed by atoms with E-state index in [1.54, 1.807) is 0 Å². The Labute approximate surface area is 54.0 Å². The van der Waals surface area contributed by atoms with Crippen LogP contribution in [0.1, 0.15) is 0 Å². The topological polar surface area (TPSA) is 57.5 Å². The van der Waals surface area contributed by atoms with Crippen molar-refractivity contribution in [2.45, 2.75) is 0 Å². The Hall–Kier alpha value is 0.280. The Balaban J connectivity index is 3.64. The van der Waals surface area contributed by atoms with Crippen LogP contribution in [0, 0.1) is 0 Å². The molecule has 0 rings (SSSR count). The molecule has 0 fully saturated rings. The van der Waals surface area contributed by atoms with E-state index < -0.39 is 19.5 Å². The molecular formula is CH2B2ClO3P-. The summed E-state index contributed by atoms with van der Waals surface area (Å²) in [6.45, 7) is -1.60. The van der Waals surface area contributed by atoms with Crippen molar-refractivity contribution in [3.05, 3.63) is 0 Å². The van der Waals surface area contributed by atoms with Crippen LogP contribution in [0.5, 0.6) is 0 Å². The zero-order valence-corrected chi connectivity index (χ0v) is 5.43. The highest BCUT2D eigenvalue weighted by atomic mass is 35.7. The molecule has 2 N–H and O–H groups in total. The summed E-state index contributed by atoms with van der Waals surface area (Å²) in [5.41, 5.74) is 0. The van der Waals surface area contributed by atoms with E-state index in [1.165, 1.54) is 0 Å². The third-order valence-electron chi connectivity index (χ3n) is 0.455. The van der Waals surface area contributed by atoms with E-state index in [-0.39, 0.29) is 0 Å². The van der Waals surface area contributed by atoms with Crippen LogP contribution in [0.25, 0.3) is 0 Å². The first-order valence-corrected chi connectivity index (χ1v) is 4.05. The van der Waals surface area contributed by atoms with E-state index in [1.807, 2.05) is 0 Å². The lowest BCUT2D eigenvalue weighted by Gasteiger charge is -2.15. The molecule has 0 aliphatic carbocycles. The Morgan fingerprint density at radius 2 is 2.25 bits per heavy atom. The summed E-state index contributed by atoms with van der Waals surface area (Å²) in [6, 6.07) is 0. The van der Waals surface area contributed by atoms with E-state index in [2.05, 4.69) is 0 Å². The summed E-state index contributed by atoms with van der Waals surface area (Å²) in [7, 11) is 3.06. The summed E-state index contributed by atoms with van der Waals surface area (Å²) in [6.07, 6.45) is 0. The zero-order chi connectivity index (χ0) is 6.73. The number of halogens is 1. The maximum atomic E-state index is 9.74. The molecule has 8 heavy (non-hydrogen) atoms. The van der Waals surface area contributed by atoms with Crippen LogP contribution < -0.4 is 0 Å². The molecule has 0 aromatic rings. The lowest BCUT2D eigenvalue weighted by atomic mass is 10.0. The summed E-state index contributed by atoms with van der Waals surface area (Å²) in [5, 5.41) is 16.3. The standard InChI is InChI=1S/CH2B2ClO3P/c2-8(4)3(7)1(5)6/h7H,(H,5,6)/q-1. The van der Waals surface area contributed by atoms with Crippen molar-refractivity contribution in [1.29, 1.82) is 0 Å². The molecule has 1 atom stereocenters. The molecule has 0 aliphatic heterocycles. The van der Waals surface area contributed by atoms with Gasteiger partial charge in [0.25, 0.3) is 5.87 Å². The Kier molecular flexibility index (Phi) is 3.45. The minimum atomic E-state index is -1.77. The van der Waals surface area contributed by atoms with E-state index >= 15 is 0 Å². The van der Waals surface area contributed by atoms with Crippen molar-refractivity contribution in [3.63, 3.8) is 0 Å². The van der Waals surface area contributed by atoms with Gasteiger partial charge in [0, 0.05) is 0 Å². The number of carboxylic acid groups (broad SMARTS) is 1. The smallest absolute Gasteiger partial charge is 0.417 e. The molecule has 43 valence electrons. The van der Waals surface area contributed by atoms with Gasteiger partial charge in [0.15, 0.2) is 0 Å². The molecule has 3 nitrogen and oxygen atoms in total. The van der Waals surface area contributed by atoms with Crippen molar-refractivity contribution in [1.82, 2.24) is 0 Å². The molecule has 0 saturated carbocycles. The van der Waals surface area contributed by atoms with E-state index in [0.717, 1.165) is 0 Å². The van der Waals surface area contributed by atoms with Gasteiger partial charge in [-0.2, -0.15) is 11.2 Å². The van der Waals surface area contributed by atoms with E-state index in [0.29, 0.717) is 0 Å². The monoisotopic (exact) mass is 150 g/mol. The highest BCUT2D eigenvalue weighted by Gasteiger charge is 2.18. The maximum absolute atomic E-state index is 9.74. The molecule has 0 saturated heterocycles. The van der Waals surface area contributed by atoms with Crippen LogP contribution in [-0.2, 0) is 0 Å². The van der Waals surface area contributed by atoms with Crippen molar-refractivity contribution in [2.75, 3.05) is 0 Å². The summed E-state index contributed by atoms with van der Waals surface area (Å²) >= 11 is 5.03. The quantitative estimate of drug-likeness (QED) is 0.443. The highest BCUT2D eigenvalue weighted by Crippen LogP contribution is 2.36. The van der Waals surface area contributed by atoms with Gasteiger partial charge in [-0.3, -0.25) is 11.8 Å². The zero-order valence-electron chi connectivity index (χ0n) is 3.78. The minimum absolute atomic E-state index is 1.38. The van der Waals surface area contributed by atoms with Crippen molar-refractivity contribution in [3.8, 4) is 0 Å². The van der Waals surface area contributed by atoms with Gasteiger partial charge in [-0.05, 0) is 0 Å². The van der Waals surface area contributed by atoms with Gasteiger partial charge < -0.3 is 17.7 Å². The number of carbonyl (C=O) groups is 1. The third-order valence-corrected chi connectivity index (χ3v) is 1.70. The third kappa shape index (κ3) is 2.55. The molecule has 7 heteroatoms. The molecule has 0 aliphatic rings. The first-order valence-electron chi connectivity index (χ1n) is 1.66. The fraction of sp³-hybridized carbons (Fsp3) is 0. The van der Waals surface area contributed by atoms with Crippen LogP contribution in [0.3, 0.4) is 0 Å².